The minimum atomic E-state index is 0. The molecule has 1 aromatic heterocycles. The van der Waals surface area contributed by atoms with Crippen molar-refractivity contribution in [1.29, 1.82) is 0 Å². The highest BCUT2D eigenvalue weighted by atomic mass is 35.5. The Balaban J connectivity index is 0.000001000. The number of nitrogens with zero attached hydrogens (tertiary/aromatic N) is 2. The van der Waals surface area contributed by atoms with Gasteiger partial charge in [-0.25, -0.2) is 4.63 Å². The van der Waals surface area contributed by atoms with Gasteiger partial charge in [-0.3, -0.25) is 0 Å². The monoisotopic (exact) mass is 180 g/mol. The molecule has 0 aliphatic heterocycles. The fraction of sp³-hybridized carbons (Fsp3) is 0.500. The molecule has 7 heteroatoms. The van der Waals surface area contributed by atoms with Gasteiger partial charge in [-0.1, -0.05) is 0 Å². The van der Waals surface area contributed by atoms with E-state index in [1.807, 2.05) is 0 Å². The van der Waals surface area contributed by atoms with E-state index < -0.39 is 0 Å². The molecule has 0 saturated carbocycles. The molecule has 0 radical (unpaired) electrons. The van der Waals surface area contributed by atoms with Crippen LogP contribution in [0.2, 0.25) is 0 Å². The maximum Gasteiger partial charge on any atom is 0.300 e. The molecular weight excluding hydrogens is 172 g/mol. The SMILES string of the molecule is Cl.NCCOc1nonc1N. The Morgan fingerprint density at radius 1 is 1.45 bits per heavy atom. The first-order valence-corrected chi connectivity index (χ1v) is 2.75. The molecule has 1 aromatic rings. The topological polar surface area (TPSA) is 100 Å². The minimum Gasteiger partial charge on any atom is -0.471 e. The summed E-state index contributed by atoms with van der Waals surface area (Å²) in [4.78, 5) is 0. The van der Waals surface area contributed by atoms with Gasteiger partial charge in [-0.2, -0.15) is 0 Å². The number of hydrogen-bond donors (Lipinski definition) is 2. The molecule has 1 rings (SSSR count). The quantitative estimate of drug-likeness (QED) is 0.645. The lowest BCUT2D eigenvalue weighted by Gasteiger charge is -1.96. The largest absolute Gasteiger partial charge is 0.471 e. The Bertz CT molecular complexity index is 204. The minimum absolute atomic E-state index is 0. The van der Waals surface area contributed by atoms with E-state index in [2.05, 4.69) is 14.9 Å². The Labute approximate surface area is 69.2 Å². The molecule has 0 spiro atoms. The van der Waals surface area contributed by atoms with Crippen molar-refractivity contribution in [2.75, 3.05) is 18.9 Å². The van der Waals surface area contributed by atoms with Crippen molar-refractivity contribution in [3.63, 3.8) is 0 Å². The maximum absolute atomic E-state index is 5.25. The average Bonchev–Trinajstić information content (AvgIpc) is 2.31. The second-order valence-corrected chi connectivity index (χ2v) is 1.59. The summed E-state index contributed by atoms with van der Waals surface area (Å²) in [5.74, 6) is 0.346. The fourth-order valence-electron chi connectivity index (χ4n) is 0.443. The Hall–Kier alpha value is -1.01. The Morgan fingerprint density at radius 2 is 2.18 bits per heavy atom. The first-order valence-electron chi connectivity index (χ1n) is 2.75. The lowest BCUT2D eigenvalue weighted by atomic mass is 10.7. The second kappa shape index (κ2) is 4.75. The average molecular weight is 181 g/mol. The molecule has 11 heavy (non-hydrogen) atoms. The molecule has 0 amide bonds. The van der Waals surface area contributed by atoms with Crippen LogP contribution in [0.25, 0.3) is 0 Å². The standard InChI is InChI=1S/C4H8N4O2.ClH/c5-1-2-9-4-3(6)7-10-8-4;/h1-2,5H2,(H2,6,7);1H. The van der Waals surface area contributed by atoms with Gasteiger partial charge in [0.05, 0.1) is 0 Å². The van der Waals surface area contributed by atoms with Crippen LogP contribution in [0.5, 0.6) is 5.88 Å². The van der Waals surface area contributed by atoms with Crippen molar-refractivity contribution in [1.82, 2.24) is 10.3 Å². The summed E-state index contributed by atoms with van der Waals surface area (Å²) in [5.41, 5.74) is 10.4. The van der Waals surface area contributed by atoms with E-state index >= 15 is 0 Å². The zero-order valence-electron chi connectivity index (χ0n) is 5.69. The number of nitrogen functional groups attached to an aromatic ring is 1. The van der Waals surface area contributed by atoms with Crippen LogP contribution in [-0.4, -0.2) is 23.5 Å². The molecule has 0 aromatic carbocycles. The van der Waals surface area contributed by atoms with Gasteiger partial charge in [-0.05, 0) is 10.3 Å². The summed E-state index contributed by atoms with van der Waals surface area (Å²) < 4.78 is 9.16. The smallest absolute Gasteiger partial charge is 0.300 e. The predicted octanol–water partition coefficient (Wildman–Crippen LogP) is -0.589. The van der Waals surface area contributed by atoms with Gasteiger partial charge in [0.15, 0.2) is 0 Å². The highest BCUT2D eigenvalue weighted by Gasteiger charge is 2.04. The first-order chi connectivity index (χ1) is 4.84. The zero-order chi connectivity index (χ0) is 7.40. The van der Waals surface area contributed by atoms with Gasteiger partial charge < -0.3 is 16.2 Å². The second-order valence-electron chi connectivity index (χ2n) is 1.59. The van der Waals surface area contributed by atoms with Crippen molar-refractivity contribution in [2.24, 2.45) is 5.73 Å². The van der Waals surface area contributed by atoms with Gasteiger partial charge in [-0.15, -0.1) is 12.4 Å². The highest BCUT2D eigenvalue weighted by molar-refractivity contribution is 5.85. The highest BCUT2D eigenvalue weighted by Crippen LogP contribution is 2.12. The van der Waals surface area contributed by atoms with Crippen molar-refractivity contribution in [2.45, 2.75) is 0 Å². The summed E-state index contributed by atoms with van der Waals surface area (Å²) in [5, 5.41) is 6.66. The van der Waals surface area contributed by atoms with Crippen LogP contribution in [0, 0.1) is 0 Å². The van der Waals surface area contributed by atoms with Crippen molar-refractivity contribution >= 4 is 18.2 Å². The van der Waals surface area contributed by atoms with E-state index in [-0.39, 0.29) is 24.1 Å². The third-order valence-electron chi connectivity index (χ3n) is 0.839. The lowest BCUT2D eigenvalue weighted by Crippen LogP contribution is -2.11. The van der Waals surface area contributed by atoms with E-state index in [9.17, 15) is 0 Å². The number of rotatable bonds is 3. The number of hydrogen-bond acceptors (Lipinski definition) is 6. The molecule has 4 N–H and O–H groups in total. The summed E-state index contributed by atoms with van der Waals surface area (Å²) in [6, 6.07) is 0. The van der Waals surface area contributed by atoms with Gasteiger partial charge >= 0.3 is 0 Å². The lowest BCUT2D eigenvalue weighted by molar-refractivity contribution is 0.260. The maximum atomic E-state index is 5.25. The molecule has 0 saturated heterocycles. The molecule has 6 nitrogen and oxygen atoms in total. The van der Waals surface area contributed by atoms with Gasteiger partial charge in [0.25, 0.3) is 5.88 Å². The van der Waals surface area contributed by atoms with Crippen LogP contribution in [0.4, 0.5) is 5.82 Å². The van der Waals surface area contributed by atoms with E-state index in [4.69, 9.17) is 16.2 Å². The molecule has 0 fully saturated rings. The fourth-order valence-corrected chi connectivity index (χ4v) is 0.443. The molecule has 0 aliphatic carbocycles. The molecule has 0 atom stereocenters. The third-order valence-corrected chi connectivity index (χ3v) is 0.839. The van der Waals surface area contributed by atoms with E-state index in [0.717, 1.165) is 0 Å². The van der Waals surface area contributed by atoms with E-state index in [1.165, 1.54) is 0 Å². The number of nitrogens with two attached hydrogens (primary N) is 2. The molecule has 0 unspecified atom stereocenters. The van der Waals surface area contributed by atoms with Crippen molar-refractivity contribution < 1.29 is 9.37 Å². The summed E-state index contributed by atoms with van der Waals surface area (Å²) in [7, 11) is 0. The normalized spacial score (nSPS) is 8.82. The Morgan fingerprint density at radius 3 is 2.64 bits per heavy atom. The number of ether oxygens (including phenoxy) is 1. The van der Waals surface area contributed by atoms with Crippen molar-refractivity contribution in [3.05, 3.63) is 0 Å². The summed E-state index contributed by atoms with van der Waals surface area (Å²) in [6.07, 6.45) is 0. The van der Waals surface area contributed by atoms with Crippen LogP contribution in [0.15, 0.2) is 4.63 Å². The Kier molecular flexibility index (Phi) is 4.32. The van der Waals surface area contributed by atoms with Crippen LogP contribution in [0.3, 0.4) is 0 Å². The molecule has 1 heterocycles. The number of aromatic nitrogens is 2. The summed E-state index contributed by atoms with van der Waals surface area (Å²) in [6.45, 7) is 0.769. The zero-order valence-corrected chi connectivity index (χ0v) is 6.50. The van der Waals surface area contributed by atoms with E-state index in [1.54, 1.807) is 0 Å². The molecule has 0 bridgehead atoms. The van der Waals surface area contributed by atoms with E-state index in [0.29, 0.717) is 13.2 Å². The molecule has 0 aliphatic rings. The molecule has 64 valence electrons. The van der Waals surface area contributed by atoms with Crippen molar-refractivity contribution in [3.8, 4) is 5.88 Å². The van der Waals surface area contributed by atoms with Crippen LogP contribution < -0.4 is 16.2 Å². The van der Waals surface area contributed by atoms with Gasteiger partial charge in [0.1, 0.15) is 6.61 Å². The van der Waals surface area contributed by atoms with Crippen LogP contribution in [-0.2, 0) is 0 Å². The van der Waals surface area contributed by atoms with Crippen LogP contribution >= 0.6 is 12.4 Å². The first kappa shape index (κ1) is 9.99. The third kappa shape index (κ3) is 2.60. The number of halogens is 1. The van der Waals surface area contributed by atoms with Gasteiger partial charge in [0, 0.05) is 6.54 Å². The molecular formula is C4H9ClN4O2. The number of anilines is 1. The van der Waals surface area contributed by atoms with Gasteiger partial charge in [0.2, 0.25) is 5.82 Å². The predicted molar refractivity (Wildman–Crippen MR) is 40.5 cm³/mol. The summed E-state index contributed by atoms with van der Waals surface area (Å²) >= 11 is 0. The van der Waals surface area contributed by atoms with Crippen LogP contribution in [0.1, 0.15) is 0 Å².